The number of hydrogen-bond acceptors (Lipinski definition) is 4. The number of nitrogens with zero attached hydrogens (tertiary/aromatic N) is 2. The average Bonchev–Trinajstić information content (AvgIpc) is 2.76. The molecule has 0 aliphatic rings. The molecule has 0 aliphatic heterocycles. The molecule has 1 aromatic heterocycles. The monoisotopic (exact) mass is 217 g/mol. The molecule has 0 spiro atoms. The Labute approximate surface area is 94.5 Å². The molecule has 0 saturated carbocycles. The largest absolute Gasteiger partial charge is 0.339 e. The van der Waals surface area contributed by atoms with Gasteiger partial charge in [0.15, 0.2) is 0 Å². The quantitative estimate of drug-likeness (QED) is 0.850. The summed E-state index contributed by atoms with van der Waals surface area (Å²) in [4.78, 5) is 4.32. The molecule has 1 heterocycles. The number of hydrogen-bond donors (Lipinski definition) is 1. The maximum Gasteiger partial charge on any atom is 0.227 e. The van der Waals surface area contributed by atoms with Crippen LogP contribution in [0.2, 0.25) is 0 Å². The summed E-state index contributed by atoms with van der Waals surface area (Å²) in [6, 6.07) is 9.94. The van der Waals surface area contributed by atoms with Crippen molar-refractivity contribution in [1.29, 1.82) is 0 Å². The first-order valence-electron chi connectivity index (χ1n) is 5.39. The fourth-order valence-electron chi connectivity index (χ4n) is 1.41. The van der Waals surface area contributed by atoms with E-state index in [1.54, 1.807) is 0 Å². The van der Waals surface area contributed by atoms with Crippen LogP contribution in [0.25, 0.3) is 11.4 Å². The van der Waals surface area contributed by atoms with E-state index in [2.05, 4.69) is 10.1 Å². The van der Waals surface area contributed by atoms with Gasteiger partial charge in [0.05, 0.1) is 0 Å². The van der Waals surface area contributed by atoms with Crippen molar-refractivity contribution < 1.29 is 4.52 Å². The standard InChI is InChI=1S/C12H15N3O/c1-9(13)7-8-11-14-12(15-16-11)10-5-3-2-4-6-10/h2-6,9H,7-8,13H2,1H3. The SMILES string of the molecule is CC(N)CCc1nc(-c2ccccc2)no1. The normalized spacial score (nSPS) is 12.6. The lowest BCUT2D eigenvalue weighted by molar-refractivity contribution is 0.372. The summed E-state index contributed by atoms with van der Waals surface area (Å²) in [5.41, 5.74) is 6.64. The summed E-state index contributed by atoms with van der Waals surface area (Å²) in [5.74, 6) is 1.29. The van der Waals surface area contributed by atoms with Gasteiger partial charge >= 0.3 is 0 Å². The summed E-state index contributed by atoms with van der Waals surface area (Å²) < 4.78 is 5.15. The molecule has 0 radical (unpaired) electrons. The molecule has 1 atom stereocenters. The molecule has 4 nitrogen and oxygen atoms in total. The second-order valence-corrected chi connectivity index (χ2v) is 3.89. The van der Waals surface area contributed by atoms with Crippen LogP contribution in [-0.4, -0.2) is 16.2 Å². The second kappa shape index (κ2) is 4.90. The van der Waals surface area contributed by atoms with Gasteiger partial charge < -0.3 is 10.3 Å². The molecule has 2 N–H and O–H groups in total. The predicted molar refractivity (Wildman–Crippen MR) is 61.7 cm³/mol. The Morgan fingerprint density at radius 2 is 2.06 bits per heavy atom. The highest BCUT2D eigenvalue weighted by molar-refractivity contribution is 5.53. The molecule has 0 aliphatic carbocycles. The zero-order valence-corrected chi connectivity index (χ0v) is 9.26. The van der Waals surface area contributed by atoms with Crippen molar-refractivity contribution in [3.05, 3.63) is 36.2 Å². The lowest BCUT2D eigenvalue weighted by atomic mass is 10.2. The number of aromatic nitrogens is 2. The zero-order chi connectivity index (χ0) is 11.4. The number of aryl methyl sites for hydroxylation is 1. The minimum absolute atomic E-state index is 0.159. The van der Waals surface area contributed by atoms with E-state index in [0.29, 0.717) is 11.7 Å². The smallest absolute Gasteiger partial charge is 0.227 e. The Hall–Kier alpha value is -1.68. The van der Waals surface area contributed by atoms with Crippen LogP contribution in [0.5, 0.6) is 0 Å². The summed E-state index contributed by atoms with van der Waals surface area (Å²) in [5, 5.41) is 3.94. The molecule has 16 heavy (non-hydrogen) atoms. The van der Waals surface area contributed by atoms with Crippen molar-refractivity contribution >= 4 is 0 Å². The van der Waals surface area contributed by atoms with Gasteiger partial charge in [0, 0.05) is 18.0 Å². The molecule has 0 saturated heterocycles. The Balaban J connectivity index is 2.08. The first kappa shape index (κ1) is 10.8. The van der Waals surface area contributed by atoms with Gasteiger partial charge in [-0.3, -0.25) is 0 Å². The van der Waals surface area contributed by atoms with E-state index in [1.807, 2.05) is 37.3 Å². The van der Waals surface area contributed by atoms with Crippen LogP contribution in [0.15, 0.2) is 34.9 Å². The van der Waals surface area contributed by atoms with Crippen molar-refractivity contribution in [3.63, 3.8) is 0 Å². The molecule has 1 aromatic carbocycles. The molecule has 1 unspecified atom stereocenters. The Kier molecular flexibility index (Phi) is 3.31. The summed E-state index contributed by atoms with van der Waals surface area (Å²) in [6.45, 7) is 1.97. The van der Waals surface area contributed by atoms with Gasteiger partial charge in [-0.2, -0.15) is 4.98 Å². The Morgan fingerprint density at radius 3 is 2.75 bits per heavy atom. The van der Waals surface area contributed by atoms with Gasteiger partial charge in [-0.1, -0.05) is 35.5 Å². The second-order valence-electron chi connectivity index (χ2n) is 3.89. The van der Waals surface area contributed by atoms with Gasteiger partial charge in [-0.25, -0.2) is 0 Å². The highest BCUT2D eigenvalue weighted by Gasteiger charge is 2.08. The van der Waals surface area contributed by atoms with E-state index >= 15 is 0 Å². The van der Waals surface area contributed by atoms with Gasteiger partial charge in [0.25, 0.3) is 0 Å². The van der Waals surface area contributed by atoms with Crippen molar-refractivity contribution in [1.82, 2.24) is 10.1 Å². The van der Waals surface area contributed by atoms with Gasteiger partial charge in [0.1, 0.15) is 0 Å². The summed E-state index contributed by atoms with van der Waals surface area (Å²) in [6.07, 6.45) is 1.59. The summed E-state index contributed by atoms with van der Waals surface area (Å²) in [7, 11) is 0. The van der Waals surface area contributed by atoms with Crippen LogP contribution in [0.1, 0.15) is 19.2 Å². The van der Waals surface area contributed by atoms with Crippen molar-refractivity contribution in [2.75, 3.05) is 0 Å². The molecule has 0 bridgehead atoms. The van der Waals surface area contributed by atoms with Crippen LogP contribution in [-0.2, 0) is 6.42 Å². The lowest BCUT2D eigenvalue weighted by Crippen LogP contribution is -2.15. The minimum atomic E-state index is 0.159. The maximum atomic E-state index is 5.67. The fourth-order valence-corrected chi connectivity index (χ4v) is 1.41. The molecule has 84 valence electrons. The van der Waals surface area contributed by atoms with Crippen LogP contribution in [0.4, 0.5) is 0 Å². The first-order valence-corrected chi connectivity index (χ1v) is 5.39. The summed E-state index contributed by atoms with van der Waals surface area (Å²) >= 11 is 0. The lowest BCUT2D eigenvalue weighted by Gasteiger charge is -1.99. The topological polar surface area (TPSA) is 64.9 Å². The predicted octanol–water partition coefficient (Wildman–Crippen LogP) is 2.02. The van der Waals surface area contributed by atoms with Gasteiger partial charge in [-0.15, -0.1) is 0 Å². The van der Waals surface area contributed by atoms with Crippen molar-refractivity contribution in [3.8, 4) is 11.4 Å². The zero-order valence-electron chi connectivity index (χ0n) is 9.26. The van der Waals surface area contributed by atoms with Gasteiger partial charge in [-0.05, 0) is 13.3 Å². The van der Waals surface area contributed by atoms with E-state index in [0.717, 1.165) is 18.4 Å². The van der Waals surface area contributed by atoms with E-state index in [1.165, 1.54) is 0 Å². The van der Waals surface area contributed by atoms with Crippen LogP contribution in [0.3, 0.4) is 0 Å². The van der Waals surface area contributed by atoms with Crippen LogP contribution < -0.4 is 5.73 Å². The van der Waals surface area contributed by atoms with E-state index in [-0.39, 0.29) is 6.04 Å². The molecule has 0 amide bonds. The van der Waals surface area contributed by atoms with Crippen molar-refractivity contribution in [2.24, 2.45) is 5.73 Å². The first-order chi connectivity index (χ1) is 7.75. The Morgan fingerprint density at radius 1 is 1.31 bits per heavy atom. The van der Waals surface area contributed by atoms with E-state index in [9.17, 15) is 0 Å². The number of nitrogens with two attached hydrogens (primary N) is 1. The molecular formula is C12H15N3O. The molecule has 4 heteroatoms. The highest BCUT2D eigenvalue weighted by Crippen LogP contribution is 2.15. The number of rotatable bonds is 4. The minimum Gasteiger partial charge on any atom is -0.339 e. The maximum absolute atomic E-state index is 5.67. The molecular weight excluding hydrogens is 202 g/mol. The van der Waals surface area contributed by atoms with Crippen LogP contribution >= 0.6 is 0 Å². The molecule has 2 aromatic rings. The average molecular weight is 217 g/mol. The third kappa shape index (κ3) is 2.67. The molecule has 2 rings (SSSR count). The Bertz CT molecular complexity index is 437. The third-order valence-electron chi connectivity index (χ3n) is 2.31. The van der Waals surface area contributed by atoms with E-state index in [4.69, 9.17) is 10.3 Å². The highest BCUT2D eigenvalue weighted by atomic mass is 16.5. The fraction of sp³-hybridized carbons (Fsp3) is 0.333. The van der Waals surface area contributed by atoms with E-state index < -0.39 is 0 Å². The van der Waals surface area contributed by atoms with Gasteiger partial charge in [0.2, 0.25) is 11.7 Å². The van der Waals surface area contributed by atoms with Crippen LogP contribution in [0, 0.1) is 0 Å². The third-order valence-corrected chi connectivity index (χ3v) is 2.31. The number of benzene rings is 1. The van der Waals surface area contributed by atoms with Crippen molar-refractivity contribution in [2.45, 2.75) is 25.8 Å². The molecule has 0 fully saturated rings.